The number of amides is 2. The Morgan fingerprint density at radius 3 is 2.22 bits per heavy atom. The second-order valence-corrected chi connectivity index (χ2v) is 8.65. The molecule has 2 saturated heterocycles. The summed E-state index contributed by atoms with van der Waals surface area (Å²) in [6, 6.07) is 17.3. The van der Waals surface area contributed by atoms with Gasteiger partial charge in [-0.15, -0.1) is 0 Å². The molecule has 10 heteroatoms. The molecule has 2 fully saturated rings. The lowest BCUT2D eigenvalue weighted by atomic mass is 9.87. The SMILES string of the molecule is COc1ccc([C@@H]2[C@@H]3C(=O)N(c4ccc(Cl)cc4)C(=O)[C@H]3ON2c2ccccc2)c(C(=O)O)c1OC. The van der Waals surface area contributed by atoms with Crippen LogP contribution in [0.5, 0.6) is 11.5 Å². The highest BCUT2D eigenvalue weighted by molar-refractivity contribution is 6.31. The van der Waals surface area contributed by atoms with Gasteiger partial charge < -0.3 is 14.6 Å². The third kappa shape index (κ3) is 3.64. The molecule has 0 aliphatic carbocycles. The molecule has 9 nitrogen and oxygen atoms in total. The zero-order chi connectivity index (χ0) is 25.6. The number of halogens is 1. The zero-order valence-corrected chi connectivity index (χ0v) is 20.0. The van der Waals surface area contributed by atoms with Crippen LogP contribution in [0, 0.1) is 5.92 Å². The van der Waals surface area contributed by atoms with Crippen molar-refractivity contribution in [2.24, 2.45) is 5.92 Å². The first-order valence-electron chi connectivity index (χ1n) is 11.0. The van der Waals surface area contributed by atoms with E-state index in [1.807, 2.05) is 6.07 Å². The molecular weight excluding hydrogens is 488 g/mol. The highest BCUT2D eigenvalue weighted by atomic mass is 35.5. The van der Waals surface area contributed by atoms with Crippen LogP contribution >= 0.6 is 11.6 Å². The third-order valence-electron chi connectivity index (χ3n) is 6.32. The van der Waals surface area contributed by atoms with E-state index in [-0.39, 0.29) is 22.6 Å². The fourth-order valence-corrected chi connectivity index (χ4v) is 4.91. The second-order valence-electron chi connectivity index (χ2n) is 8.22. The van der Waals surface area contributed by atoms with Gasteiger partial charge in [-0.05, 0) is 48.0 Å². The number of hydrogen-bond donors (Lipinski definition) is 1. The van der Waals surface area contributed by atoms with Gasteiger partial charge in [0.1, 0.15) is 11.5 Å². The van der Waals surface area contributed by atoms with E-state index >= 15 is 0 Å². The maximum absolute atomic E-state index is 13.8. The summed E-state index contributed by atoms with van der Waals surface area (Å²) in [5.41, 5.74) is 0.970. The van der Waals surface area contributed by atoms with Crippen molar-refractivity contribution in [3.63, 3.8) is 0 Å². The fraction of sp³-hybridized carbons (Fsp3) is 0.192. The lowest BCUT2D eigenvalue weighted by Gasteiger charge is -2.30. The van der Waals surface area contributed by atoms with Crippen molar-refractivity contribution in [1.29, 1.82) is 0 Å². The number of fused-ring (bicyclic) bond motifs is 1. The van der Waals surface area contributed by atoms with E-state index < -0.39 is 35.8 Å². The summed E-state index contributed by atoms with van der Waals surface area (Å²) in [6.07, 6.45) is -1.16. The van der Waals surface area contributed by atoms with E-state index in [0.717, 1.165) is 4.90 Å². The van der Waals surface area contributed by atoms with Crippen LogP contribution in [0.15, 0.2) is 66.7 Å². The number of methoxy groups -OCH3 is 2. The van der Waals surface area contributed by atoms with Gasteiger partial charge >= 0.3 is 5.97 Å². The molecule has 36 heavy (non-hydrogen) atoms. The minimum atomic E-state index is -1.27. The summed E-state index contributed by atoms with van der Waals surface area (Å²) < 4.78 is 10.7. The van der Waals surface area contributed by atoms with Gasteiger partial charge in [-0.25, -0.2) is 14.8 Å². The van der Waals surface area contributed by atoms with E-state index in [1.54, 1.807) is 60.7 Å². The predicted octanol–water partition coefficient (Wildman–Crippen LogP) is 4.11. The van der Waals surface area contributed by atoms with Crippen molar-refractivity contribution in [2.45, 2.75) is 12.1 Å². The Morgan fingerprint density at radius 2 is 1.61 bits per heavy atom. The lowest BCUT2D eigenvalue weighted by molar-refractivity contribution is -0.126. The molecule has 3 aromatic rings. The topological polar surface area (TPSA) is 106 Å². The average Bonchev–Trinajstić information content (AvgIpc) is 3.39. The van der Waals surface area contributed by atoms with Crippen molar-refractivity contribution in [1.82, 2.24) is 0 Å². The van der Waals surface area contributed by atoms with Crippen molar-refractivity contribution in [3.8, 4) is 11.5 Å². The fourth-order valence-electron chi connectivity index (χ4n) is 4.78. The molecule has 0 unspecified atom stereocenters. The second kappa shape index (κ2) is 9.18. The number of ether oxygens (including phenoxy) is 2. The van der Waals surface area contributed by atoms with E-state index in [2.05, 4.69) is 0 Å². The number of rotatable bonds is 6. The highest BCUT2D eigenvalue weighted by Crippen LogP contribution is 2.50. The minimum absolute atomic E-state index is 0.00490. The number of hydrogen-bond acceptors (Lipinski definition) is 7. The molecule has 5 rings (SSSR count). The Labute approximate surface area is 211 Å². The number of nitrogens with zero attached hydrogens (tertiary/aromatic N) is 2. The van der Waals surface area contributed by atoms with Crippen molar-refractivity contribution in [3.05, 3.63) is 82.9 Å². The monoisotopic (exact) mass is 508 g/mol. The van der Waals surface area contributed by atoms with E-state index in [1.165, 1.54) is 19.3 Å². The number of carboxylic acids is 1. The van der Waals surface area contributed by atoms with Gasteiger partial charge in [-0.1, -0.05) is 35.9 Å². The predicted molar refractivity (Wildman–Crippen MR) is 130 cm³/mol. The Bertz CT molecular complexity index is 1350. The molecule has 2 amide bonds. The molecule has 0 spiro atoms. The average molecular weight is 509 g/mol. The number of benzene rings is 3. The van der Waals surface area contributed by atoms with E-state index in [9.17, 15) is 19.5 Å². The van der Waals surface area contributed by atoms with Crippen molar-refractivity contribution in [2.75, 3.05) is 24.2 Å². The Balaban J connectivity index is 1.68. The maximum Gasteiger partial charge on any atom is 0.339 e. The smallest absolute Gasteiger partial charge is 0.339 e. The first-order chi connectivity index (χ1) is 17.4. The molecule has 0 saturated carbocycles. The van der Waals surface area contributed by atoms with Crippen molar-refractivity contribution < 1.29 is 33.8 Å². The van der Waals surface area contributed by atoms with Gasteiger partial charge in [0.05, 0.1) is 31.6 Å². The number of imide groups is 1. The normalized spacial score (nSPS) is 21.0. The van der Waals surface area contributed by atoms with Gasteiger partial charge in [-0.2, -0.15) is 0 Å². The Hall–Kier alpha value is -4.08. The molecule has 0 bridgehead atoms. The molecule has 0 radical (unpaired) electrons. The van der Waals surface area contributed by atoms with Crippen LogP contribution in [-0.2, 0) is 14.4 Å². The molecule has 2 aliphatic rings. The van der Waals surface area contributed by atoms with Crippen molar-refractivity contribution >= 4 is 40.8 Å². The van der Waals surface area contributed by atoms with Crippen LogP contribution in [0.25, 0.3) is 0 Å². The Kier molecular flexibility index (Phi) is 6.03. The summed E-state index contributed by atoms with van der Waals surface area (Å²) in [4.78, 5) is 46.8. The van der Waals surface area contributed by atoms with Gasteiger partial charge in [-0.3, -0.25) is 14.4 Å². The first kappa shape index (κ1) is 23.7. The third-order valence-corrected chi connectivity index (χ3v) is 6.57. The highest BCUT2D eigenvalue weighted by Gasteiger charge is 2.61. The number of carbonyl (C=O) groups is 3. The molecule has 0 aromatic heterocycles. The lowest BCUT2D eigenvalue weighted by Crippen LogP contribution is -2.37. The number of hydroxylamine groups is 1. The minimum Gasteiger partial charge on any atom is -0.493 e. The van der Waals surface area contributed by atoms with Crippen LogP contribution in [0.3, 0.4) is 0 Å². The van der Waals surface area contributed by atoms with E-state index in [4.69, 9.17) is 25.9 Å². The Morgan fingerprint density at radius 1 is 0.917 bits per heavy atom. The summed E-state index contributed by atoms with van der Waals surface area (Å²) in [5.74, 6) is -3.13. The quantitative estimate of drug-likeness (QED) is 0.496. The summed E-state index contributed by atoms with van der Waals surface area (Å²) in [6.45, 7) is 0. The van der Waals surface area contributed by atoms with Gasteiger partial charge in [0.2, 0.25) is 5.91 Å². The standard InChI is InChI=1S/C26H21ClN2O7/c1-34-18-13-12-17(19(26(32)33)22(18)35-2)21-20-23(36-29(21)16-6-4-3-5-7-16)25(31)28(24(20)30)15-10-8-14(27)9-11-15/h3-13,20-21,23H,1-2H3,(H,32,33)/t20-,21+,23-/m0/s1. The summed E-state index contributed by atoms with van der Waals surface area (Å²) >= 11 is 5.98. The molecule has 1 N–H and O–H groups in total. The molecule has 3 atom stereocenters. The van der Waals surface area contributed by atoms with Gasteiger partial charge in [0, 0.05) is 5.02 Å². The molecule has 2 aliphatic heterocycles. The molecule has 2 heterocycles. The molecule has 3 aromatic carbocycles. The van der Waals surface area contributed by atoms with Crippen LogP contribution in [0.4, 0.5) is 11.4 Å². The van der Waals surface area contributed by atoms with Crippen LogP contribution in [-0.4, -0.2) is 43.2 Å². The maximum atomic E-state index is 13.8. The van der Waals surface area contributed by atoms with Gasteiger partial charge in [0.25, 0.3) is 5.91 Å². The van der Waals surface area contributed by atoms with Gasteiger partial charge in [0.15, 0.2) is 17.6 Å². The summed E-state index contributed by atoms with van der Waals surface area (Å²) in [7, 11) is 2.74. The molecular formula is C26H21ClN2O7. The number of aromatic carboxylic acids is 1. The van der Waals surface area contributed by atoms with Crippen LogP contribution in [0.1, 0.15) is 22.0 Å². The number of carboxylic acid groups (broad SMARTS) is 1. The number of anilines is 2. The first-order valence-corrected chi connectivity index (χ1v) is 11.4. The van der Waals surface area contributed by atoms with Crippen LogP contribution in [0.2, 0.25) is 5.02 Å². The number of carbonyl (C=O) groups excluding carboxylic acids is 2. The molecule has 184 valence electrons. The van der Waals surface area contributed by atoms with E-state index in [0.29, 0.717) is 16.4 Å². The van der Waals surface area contributed by atoms with Crippen LogP contribution < -0.4 is 19.4 Å². The number of para-hydroxylation sites is 1. The largest absolute Gasteiger partial charge is 0.493 e. The summed E-state index contributed by atoms with van der Waals surface area (Å²) in [5, 5.41) is 12.0. The zero-order valence-electron chi connectivity index (χ0n) is 19.3.